The molecule has 20 heavy (non-hydrogen) atoms. The lowest BCUT2D eigenvalue weighted by Crippen LogP contribution is -2.44. The van der Waals surface area contributed by atoms with Gasteiger partial charge in [-0.15, -0.1) is 0 Å². The first-order valence-electron chi connectivity index (χ1n) is 6.69. The predicted molar refractivity (Wildman–Crippen MR) is 76.6 cm³/mol. The summed E-state index contributed by atoms with van der Waals surface area (Å²) in [5.41, 5.74) is 7.05. The first-order chi connectivity index (χ1) is 9.32. The maximum atomic E-state index is 12.7. The molecule has 5 nitrogen and oxygen atoms in total. The van der Waals surface area contributed by atoms with Gasteiger partial charge in [0, 0.05) is 13.1 Å². The fraction of sp³-hybridized carbons (Fsp3) is 0.500. The van der Waals surface area contributed by atoms with Gasteiger partial charge < -0.3 is 5.73 Å². The summed E-state index contributed by atoms with van der Waals surface area (Å²) in [6.45, 7) is 4.34. The van der Waals surface area contributed by atoms with Crippen molar-refractivity contribution >= 4 is 15.9 Å². The Morgan fingerprint density at radius 3 is 2.65 bits per heavy atom. The van der Waals surface area contributed by atoms with Crippen LogP contribution in [0.1, 0.15) is 24.0 Å². The lowest BCUT2D eigenvalue weighted by atomic mass is 9.99. The normalized spacial score (nSPS) is 20.8. The van der Waals surface area contributed by atoms with Gasteiger partial charge >= 0.3 is 0 Å². The van der Waals surface area contributed by atoms with Gasteiger partial charge in [0.05, 0.1) is 10.8 Å². The largest absolute Gasteiger partial charge is 0.369 e. The highest BCUT2D eigenvalue weighted by Gasteiger charge is 2.33. The molecule has 1 heterocycles. The number of carbonyl (C=O) groups excluding carboxylic acids is 1. The van der Waals surface area contributed by atoms with Crippen LogP contribution < -0.4 is 5.73 Å². The number of nitrogens with zero attached hydrogens (tertiary/aromatic N) is 1. The third-order valence-corrected chi connectivity index (χ3v) is 5.76. The molecule has 1 fully saturated rings. The highest BCUT2D eigenvalue weighted by Crippen LogP contribution is 2.26. The van der Waals surface area contributed by atoms with Gasteiger partial charge in [0.2, 0.25) is 15.9 Å². The highest BCUT2D eigenvalue weighted by molar-refractivity contribution is 7.89. The van der Waals surface area contributed by atoms with Gasteiger partial charge in [-0.05, 0) is 38.3 Å². The molecule has 1 aromatic rings. The van der Waals surface area contributed by atoms with Crippen molar-refractivity contribution in [2.45, 2.75) is 31.6 Å². The van der Waals surface area contributed by atoms with Crippen molar-refractivity contribution in [3.8, 4) is 0 Å². The fourth-order valence-corrected chi connectivity index (χ4v) is 4.35. The molecule has 0 bridgehead atoms. The van der Waals surface area contributed by atoms with Crippen LogP contribution in [-0.4, -0.2) is 31.7 Å². The second kappa shape index (κ2) is 5.54. The summed E-state index contributed by atoms with van der Waals surface area (Å²) >= 11 is 0. The van der Waals surface area contributed by atoms with Gasteiger partial charge in [0.15, 0.2) is 0 Å². The van der Waals surface area contributed by atoms with Crippen LogP contribution in [0.5, 0.6) is 0 Å². The fourth-order valence-electron chi connectivity index (χ4n) is 2.62. The predicted octanol–water partition coefficient (Wildman–Crippen LogP) is 1.19. The Hall–Kier alpha value is -1.40. The number of carbonyl (C=O) groups is 1. The minimum Gasteiger partial charge on any atom is -0.369 e. The minimum atomic E-state index is -3.55. The number of rotatable bonds is 3. The Morgan fingerprint density at radius 1 is 1.35 bits per heavy atom. The van der Waals surface area contributed by atoms with Crippen molar-refractivity contribution in [1.29, 1.82) is 0 Å². The van der Waals surface area contributed by atoms with Crippen molar-refractivity contribution in [3.63, 3.8) is 0 Å². The molecule has 1 aliphatic heterocycles. The molecule has 0 aromatic heterocycles. The third kappa shape index (κ3) is 2.86. The highest BCUT2D eigenvalue weighted by atomic mass is 32.2. The summed E-state index contributed by atoms with van der Waals surface area (Å²) in [4.78, 5) is 11.6. The van der Waals surface area contributed by atoms with Crippen molar-refractivity contribution in [1.82, 2.24) is 4.31 Å². The number of aryl methyl sites for hydroxylation is 2. The van der Waals surface area contributed by atoms with E-state index in [0.29, 0.717) is 24.3 Å². The van der Waals surface area contributed by atoms with Crippen molar-refractivity contribution < 1.29 is 13.2 Å². The molecule has 0 saturated carbocycles. The Morgan fingerprint density at radius 2 is 2.05 bits per heavy atom. The van der Waals surface area contributed by atoms with E-state index in [1.165, 1.54) is 4.31 Å². The molecule has 1 unspecified atom stereocenters. The smallest absolute Gasteiger partial charge is 0.243 e. The quantitative estimate of drug-likeness (QED) is 0.909. The van der Waals surface area contributed by atoms with Crippen molar-refractivity contribution in [3.05, 3.63) is 29.3 Å². The van der Waals surface area contributed by atoms with Gasteiger partial charge in [-0.1, -0.05) is 17.7 Å². The molecule has 0 aliphatic carbocycles. The summed E-state index contributed by atoms with van der Waals surface area (Å²) in [5.74, 6) is -0.810. The van der Waals surface area contributed by atoms with E-state index in [1.54, 1.807) is 19.1 Å². The topological polar surface area (TPSA) is 80.5 Å². The van der Waals surface area contributed by atoms with Crippen LogP contribution in [0.2, 0.25) is 0 Å². The van der Waals surface area contributed by atoms with Crippen LogP contribution >= 0.6 is 0 Å². The van der Waals surface area contributed by atoms with E-state index >= 15 is 0 Å². The molecule has 2 N–H and O–H groups in total. The van der Waals surface area contributed by atoms with Gasteiger partial charge in [-0.2, -0.15) is 4.31 Å². The van der Waals surface area contributed by atoms with Crippen LogP contribution in [-0.2, 0) is 14.8 Å². The number of piperidine rings is 1. The van der Waals surface area contributed by atoms with Gasteiger partial charge in [0.1, 0.15) is 0 Å². The Labute approximate surface area is 119 Å². The maximum absolute atomic E-state index is 12.7. The number of sulfonamides is 1. The second-order valence-corrected chi connectivity index (χ2v) is 7.28. The zero-order valence-electron chi connectivity index (χ0n) is 11.8. The molecular weight excluding hydrogens is 276 g/mol. The molecule has 0 radical (unpaired) electrons. The first-order valence-corrected chi connectivity index (χ1v) is 8.13. The Bertz CT molecular complexity index is 625. The van der Waals surface area contributed by atoms with E-state index in [9.17, 15) is 13.2 Å². The van der Waals surface area contributed by atoms with Crippen LogP contribution in [0, 0.1) is 19.8 Å². The van der Waals surface area contributed by atoms with Gasteiger partial charge in [-0.25, -0.2) is 8.42 Å². The second-order valence-electron chi connectivity index (χ2n) is 5.37. The number of nitrogens with two attached hydrogens (primary N) is 1. The lowest BCUT2D eigenvalue weighted by Gasteiger charge is -2.30. The van der Waals surface area contributed by atoms with E-state index in [4.69, 9.17) is 5.73 Å². The van der Waals surface area contributed by atoms with Crippen LogP contribution in [0.3, 0.4) is 0 Å². The monoisotopic (exact) mass is 296 g/mol. The van der Waals surface area contributed by atoms with E-state index in [2.05, 4.69) is 0 Å². The minimum absolute atomic E-state index is 0.185. The molecule has 0 spiro atoms. The van der Waals surface area contributed by atoms with Gasteiger partial charge in [0.25, 0.3) is 0 Å². The lowest BCUT2D eigenvalue weighted by molar-refractivity contribution is -0.122. The van der Waals surface area contributed by atoms with Crippen LogP contribution in [0.25, 0.3) is 0 Å². The summed E-state index contributed by atoms with van der Waals surface area (Å²) in [5, 5.41) is 0. The van der Waals surface area contributed by atoms with E-state index in [1.807, 2.05) is 13.0 Å². The van der Waals surface area contributed by atoms with Gasteiger partial charge in [-0.3, -0.25) is 4.79 Å². The standard InChI is InChI=1S/C14H20N2O3S/c1-10-5-6-13(11(2)8-10)20(18,19)16-7-3-4-12(9-16)14(15)17/h5-6,8,12H,3-4,7,9H2,1-2H3,(H2,15,17). The molecule has 1 aliphatic rings. The van der Waals surface area contributed by atoms with Crippen molar-refractivity contribution in [2.24, 2.45) is 11.7 Å². The zero-order valence-corrected chi connectivity index (χ0v) is 12.6. The van der Waals surface area contributed by atoms with Crippen LogP contribution in [0.15, 0.2) is 23.1 Å². The van der Waals surface area contributed by atoms with Crippen molar-refractivity contribution in [2.75, 3.05) is 13.1 Å². The molecule has 110 valence electrons. The number of amides is 1. The average molecular weight is 296 g/mol. The number of benzene rings is 1. The third-order valence-electron chi connectivity index (χ3n) is 3.73. The Balaban J connectivity index is 2.32. The maximum Gasteiger partial charge on any atom is 0.243 e. The molecule has 1 atom stereocenters. The summed E-state index contributed by atoms with van der Waals surface area (Å²) in [7, 11) is -3.55. The molecule has 2 rings (SSSR count). The summed E-state index contributed by atoms with van der Waals surface area (Å²) in [6.07, 6.45) is 1.33. The van der Waals surface area contributed by atoms with E-state index in [0.717, 1.165) is 11.1 Å². The molecule has 1 saturated heterocycles. The Kier molecular flexibility index (Phi) is 4.15. The molecule has 1 aromatic carbocycles. The van der Waals surface area contributed by atoms with Crippen LogP contribution in [0.4, 0.5) is 0 Å². The number of hydrogen-bond acceptors (Lipinski definition) is 3. The summed E-state index contributed by atoms with van der Waals surface area (Å²) < 4.78 is 26.7. The molecular formula is C14H20N2O3S. The molecule has 6 heteroatoms. The first kappa shape index (κ1) is 15.0. The summed E-state index contributed by atoms with van der Waals surface area (Å²) in [6, 6.07) is 5.27. The number of primary amides is 1. The SMILES string of the molecule is Cc1ccc(S(=O)(=O)N2CCCC(C(N)=O)C2)c(C)c1. The van der Waals surface area contributed by atoms with E-state index < -0.39 is 15.9 Å². The zero-order chi connectivity index (χ0) is 14.9. The molecule has 1 amide bonds. The average Bonchev–Trinajstić information content (AvgIpc) is 2.38. The number of hydrogen-bond donors (Lipinski definition) is 1. The van der Waals surface area contributed by atoms with E-state index in [-0.39, 0.29) is 12.5 Å².